The summed E-state index contributed by atoms with van der Waals surface area (Å²) in [6, 6.07) is 0.139. The van der Waals surface area contributed by atoms with Gasteiger partial charge in [0.05, 0.1) is 13.1 Å². The zero-order valence-corrected chi connectivity index (χ0v) is 8.33. The minimum Gasteiger partial charge on any atom is -0.465 e. The minimum absolute atomic E-state index is 0.139. The van der Waals surface area contributed by atoms with Crippen LogP contribution in [0.25, 0.3) is 0 Å². The van der Waals surface area contributed by atoms with E-state index in [1.807, 2.05) is 0 Å². The fourth-order valence-corrected chi connectivity index (χ4v) is 2.23. The topological polar surface area (TPSA) is 43.8 Å². The van der Waals surface area contributed by atoms with Gasteiger partial charge in [-0.15, -0.1) is 0 Å². The highest BCUT2D eigenvalue weighted by Crippen LogP contribution is 2.31. The van der Waals surface area contributed by atoms with E-state index < -0.39 is 12.0 Å². The molecule has 4 nitrogen and oxygen atoms in total. The normalized spacial score (nSPS) is 27.5. The van der Waals surface area contributed by atoms with E-state index in [9.17, 15) is 13.6 Å². The number of rotatable bonds is 1. The van der Waals surface area contributed by atoms with E-state index in [1.54, 1.807) is 4.90 Å². The van der Waals surface area contributed by atoms with Gasteiger partial charge in [0.1, 0.15) is 0 Å². The molecule has 0 spiro atoms. The van der Waals surface area contributed by atoms with Gasteiger partial charge in [0.25, 0.3) is 5.92 Å². The molecule has 0 aromatic carbocycles. The van der Waals surface area contributed by atoms with Crippen LogP contribution in [-0.4, -0.2) is 59.1 Å². The Morgan fingerprint density at radius 3 is 2.20 bits per heavy atom. The third-order valence-corrected chi connectivity index (χ3v) is 3.12. The molecule has 1 amide bonds. The maximum absolute atomic E-state index is 12.6. The third kappa shape index (κ3) is 2.19. The van der Waals surface area contributed by atoms with Crippen LogP contribution in [0.2, 0.25) is 0 Å². The molecule has 1 N–H and O–H groups in total. The van der Waals surface area contributed by atoms with Crippen molar-refractivity contribution in [1.82, 2.24) is 9.80 Å². The van der Waals surface area contributed by atoms with Gasteiger partial charge >= 0.3 is 6.09 Å². The number of hydrogen-bond acceptors (Lipinski definition) is 2. The van der Waals surface area contributed by atoms with Crippen molar-refractivity contribution in [2.24, 2.45) is 0 Å². The van der Waals surface area contributed by atoms with Crippen LogP contribution in [0.5, 0.6) is 0 Å². The maximum atomic E-state index is 12.6. The quantitative estimate of drug-likeness (QED) is 0.719. The molecule has 2 fully saturated rings. The highest BCUT2D eigenvalue weighted by molar-refractivity contribution is 5.65. The number of carbonyl (C=O) groups is 1. The average Bonchev–Trinajstić information content (AvgIpc) is 2.14. The molecule has 2 saturated heterocycles. The number of halogens is 2. The monoisotopic (exact) mass is 220 g/mol. The molecule has 0 aromatic heterocycles. The summed E-state index contributed by atoms with van der Waals surface area (Å²) in [6.07, 6.45) is 0.424. The zero-order valence-electron chi connectivity index (χ0n) is 8.33. The summed E-state index contributed by atoms with van der Waals surface area (Å²) >= 11 is 0. The van der Waals surface area contributed by atoms with Crippen molar-refractivity contribution in [3.63, 3.8) is 0 Å². The Morgan fingerprint density at radius 2 is 1.80 bits per heavy atom. The molecule has 2 aliphatic rings. The van der Waals surface area contributed by atoms with Crippen LogP contribution >= 0.6 is 0 Å². The van der Waals surface area contributed by atoms with Crippen LogP contribution < -0.4 is 0 Å². The van der Waals surface area contributed by atoms with Gasteiger partial charge in [-0.3, -0.25) is 4.90 Å². The Balaban J connectivity index is 1.77. The number of alkyl halides is 2. The first-order valence-corrected chi connectivity index (χ1v) is 5.08. The Hall–Kier alpha value is -0.910. The second-order valence-corrected chi connectivity index (χ2v) is 4.26. The summed E-state index contributed by atoms with van der Waals surface area (Å²) < 4.78 is 25.2. The highest BCUT2D eigenvalue weighted by atomic mass is 19.3. The second-order valence-electron chi connectivity index (χ2n) is 4.26. The van der Waals surface area contributed by atoms with Gasteiger partial charge in [-0.05, 0) is 12.8 Å². The van der Waals surface area contributed by atoms with E-state index in [0.717, 1.165) is 0 Å². The van der Waals surface area contributed by atoms with Crippen LogP contribution in [0.4, 0.5) is 13.6 Å². The number of nitrogens with zero attached hydrogens (tertiary/aromatic N) is 2. The summed E-state index contributed by atoms with van der Waals surface area (Å²) in [5, 5.41) is 8.71. The maximum Gasteiger partial charge on any atom is 0.407 e. The first-order valence-electron chi connectivity index (χ1n) is 5.08. The Morgan fingerprint density at radius 1 is 1.27 bits per heavy atom. The number of amides is 1. The van der Waals surface area contributed by atoms with Crippen molar-refractivity contribution in [1.29, 1.82) is 0 Å². The summed E-state index contributed by atoms with van der Waals surface area (Å²) in [6.45, 7) is 0.597. The van der Waals surface area contributed by atoms with Crippen LogP contribution in [0.15, 0.2) is 0 Å². The number of carboxylic acid groups (broad SMARTS) is 1. The lowest BCUT2D eigenvalue weighted by molar-refractivity contribution is -0.150. The molecule has 15 heavy (non-hydrogen) atoms. The van der Waals surface area contributed by atoms with Gasteiger partial charge in [0, 0.05) is 19.1 Å². The average molecular weight is 220 g/mol. The van der Waals surface area contributed by atoms with Crippen molar-refractivity contribution in [2.45, 2.75) is 24.8 Å². The molecule has 0 unspecified atom stereocenters. The largest absolute Gasteiger partial charge is 0.465 e. The van der Waals surface area contributed by atoms with Crippen molar-refractivity contribution < 1.29 is 18.7 Å². The van der Waals surface area contributed by atoms with Gasteiger partial charge in [-0.25, -0.2) is 13.6 Å². The van der Waals surface area contributed by atoms with Gasteiger partial charge in [0.15, 0.2) is 0 Å². The molecule has 86 valence electrons. The van der Waals surface area contributed by atoms with E-state index >= 15 is 0 Å². The predicted molar refractivity (Wildman–Crippen MR) is 49.1 cm³/mol. The van der Waals surface area contributed by atoms with E-state index in [1.165, 1.54) is 4.90 Å². The second kappa shape index (κ2) is 3.59. The molecule has 0 saturated carbocycles. The molecule has 2 rings (SSSR count). The van der Waals surface area contributed by atoms with Crippen molar-refractivity contribution in [3.05, 3.63) is 0 Å². The zero-order chi connectivity index (χ0) is 11.1. The van der Waals surface area contributed by atoms with Crippen LogP contribution in [0.1, 0.15) is 12.8 Å². The fourth-order valence-electron chi connectivity index (χ4n) is 2.23. The highest BCUT2D eigenvalue weighted by Gasteiger charge is 2.47. The molecule has 0 bridgehead atoms. The molecule has 2 heterocycles. The summed E-state index contributed by atoms with van der Waals surface area (Å²) in [7, 11) is 0. The molecule has 0 radical (unpaired) electrons. The summed E-state index contributed by atoms with van der Waals surface area (Å²) in [5.74, 6) is -2.52. The van der Waals surface area contributed by atoms with E-state index in [2.05, 4.69) is 0 Å². The lowest BCUT2D eigenvalue weighted by atomic mass is 9.98. The first kappa shape index (κ1) is 10.6. The van der Waals surface area contributed by atoms with E-state index in [0.29, 0.717) is 25.9 Å². The van der Waals surface area contributed by atoms with Gasteiger partial charge in [-0.2, -0.15) is 0 Å². The number of piperidine rings is 1. The standard InChI is InChI=1S/C9H14F2N2O2/c10-9(11)5-13(6-9)7-1-3-12(4-2-7)8(14)15/h7H,1-6H2,(H,14,15). The van der Waals surface area contributed by atoms with Gasteiger partial charge in [0.2, 0.25) is 0 Å². The van der Waals surface area contributed by atoms with Crippen LogP contribution in [0, 0.1) is 0 Å². The Labute approximate surface area is 86.5 Å². The Bertz CT molecular complexity index is 257. The first-order chi connectivity index (χ1) is 6.98. The smallest absolute Gasteiger partial charge is 0.407 e. The third-order valence-electron chi connectivity index (χ3n) is 3.12. The molecule has 0 atom stereocenters. The molecule has 6 heteroatoms. The lowest BCUT2D eigenvalue weighted by Crippen LogP contribution is -2.61. The number of likely N-dealkylation sites (tertiary alicyclic amines) is 2. The molecular weight excluding hydrogens is 206 g/mol. The molecular formula is C9H14F2N2O2. The van der Waals surface area contributed by atoms with E-state index in [4.69, 9.17) is 5.11 Å². The number of hydrogen-bond donors (Lipinski definition) is 1. The molecule has 0 aromatic rings. The van der Waals surface area contributed by atoms with Crippen molar-refractivity contribution in [2.75, 3.05) is 26.2 Å². The van der Waals surface area contributed by atoms with Gasteiger partial charge in [-0.1, -0.05) is 0 Å². The summed E-state index contributed by atoms with van der Waals surface area (Å²) in [5.41, 5.74) is 0. The summed E-state index contributed by atoms with van der Waals surface area (Å²) in [4.78, 5) is 13.7. The predicted octanol–water partition coefficient (Wildman–Crippen LogP) is 1.08. The van der Waals surface area contributed by atoms with Crippen molar-refractivity contribution >= 4 is 6.09 Å². The van der Waals surface area contributed by atoms with Crippen LogP contribution in [0.3, 0.4) is 0 Å². The van der Waals surface area contributed by atoms with E-state index in [-0.39, 0.29) is 19.1 Å². The SMILES string of the molecule is O=C(O)N1CCC(N2CC(F)(F)C2)CC1. The minimum atomic E-state index is -2.52. The van der Waals surface area contributed by atoms with Gasteiger partial charge < -0.3 is 10.0 Å². The molecule has 0 aliphatic carbocycles. The fraction of sp³-hybridized carbons (Fsp3) is 0.889. The Kier molecular flexibility index (Phi) is 2.54. The van der Waals surface area contributed by atoms with Crippen LogP contribution in [-0.2, 0) is 0 Å². The molecule has 2 aliphatic heterocycles. The van der Waals surface area contributed by atoms with Crippen molar-refractivity contribution in [3.8, 4) is 0 Å². The lowest BCUT2D eigenvalue weighted by Gasteiger charge is -2.46.